The van der Waals surface area contributed by atoms with Gasteiger partial charge in [-0.05, 0) is 12.1 Å². The van der Waals surface area contributed by atoms with E-state index >= 15 is 0 Å². The van der Waals surface area contributed by atoms with Gasteiger partial charge in [0.25, 0.3) is 0 Å². The van der Waals surface area contributed by atoms with Crippen LogP contribution in [0.3, 0.4) is 0 Å². The van der Waals surface area contributed by atoms with Gasteiger partial charge in [-0.2, -0.15) is 0 Å². The number of rotatable bonds is 5. The topological polar surface area (TPSA) is 81.4 Å². The molecule has 88 valence electrons. The van der Waals surface area contributed by atoms with Gasteiger partial charge in [0.05, 0.1) is 24.2 Å². The highest BCUT2D eigenvalue weighted by Crippen LogP contribution is 2.25. The molecule has 0 atom stereocenters. The Morgan fingerprint density at radius 1 is 1.56 bits per heavy atom. The summed E-state index contributed by atoms with van der Waals surface area (Å²) in [7, 11) is -1.94. The summed E-state index contributed by atoms with van der Waals surface area (Å²) >= 11 is 0. The molecule has 0 aliphatic heterocycles. The number of anilines is 2. The molecule has 0 saturated carbocycles. The molecule has 0 saturated heterocycles. The second-order valence-electron chi connectivity index (χ2n) is 3.13. The van der Waals surface area contributed by atoms with Crippen molar-refractivity contribution < 1.29 is 13.2 Å². The lowest BCUT2D eigenvalue weighted by atomic mass is 10.2. The van der Waals surface area contributed by atoms with E-state index in [4.69, 9.17) is 10.5 Å². The number of hydrogen-bond donors (Lipinski definition) is 2. The summed E-state index contributed by atoms with van der Waals surface area (Å²) in [5.74, 6) is 0.370. The number of benzene rings is 1. The minimum absolute atomic E-state index is 0.163. The first-order valence-electron chi connectivity index (χ1n) is 4.53. The smallest absolute Gasteiger partial charge is 0.236 e. The Hall–Kier alpha value is -1.69. The molecule has 3 N–H and O–H groups in total. The van der Waals surface area contributed by atoms with Crippen LogP contribution < -0.4 is 15.2 Å². The molecule has 0 spiro atoms. The van der Waals surface area contributed by atoms with E-state index in [0.29, 0.717) is 17.1 Å². The van der Waals surface area contributed by atoms with Gasteiger partial charge in [-0.3, -0.25) is 4.72 Å². The largest absolute Gasteiger partial charge is 0.497 e. The Balaban J connectivity index is 3.00. The monoisotopic (exact) mass is 242 g/mol. The summed E-state index contributed by atoms with van der Waals surface area (Å²) in [6.45, 7) is 3.37. The lowest BCUT2D eigenvalue weighted by Crippen LogP contribution is -2.16. The Labute approximate surface area is 95.0 Å². The quantitative estimate of drug-likeness (QED) is 0.600. The molecule has 0 unspecified atom stereocenters. The minimum Gasteiger partial charge on any atom is -0.497 e. The van der Waals surface area contributed by atoms with Crippen LogP contribution in [0, 0.1) is 0 Å². The van der Waals surface area contributed by atoms with Crippen LogP contribution in [-0.2, 0) is 10.0 Å². The maximum Gasteiger partial charge on any atom is 0.236 e. The first-order valence-corrected chi connectivity index (χ1v) is 6.18. The van der Waals surface area contributed by atoms with Crippen molar-refractivity contribution in [3.8, 4) is 5.75 Å². The Morgan fingerprint density at radius 2 is 2.25 bits per heavy atom. The molecule has 0 amide bonds. The third kappa shape index (κ3) is 3.16. The van der Waals surface area contributed by atoms with Crippen molar-refractivity contribution in [1.82, 2.24) is 0 Å². The fourth-order valence-electron chi connectivity index (χ4n) is 1.12. The minimum atomic E-state index is -3.44. The van der Waals surface area contributed by atoms with Gasteiger partial charge in [-0.15, -0.1) is 6.58 Å². The summed E-state index contributed by atoms with van der Waals surface area (Å²) in [5, 5.41) is 0. The summed E-state index contributed by atoms with van der Waals surface area (Å²) in [4.78, 5) is 0. The molecule has 16 heavy (non-hydrogen) atoms. The van der Waals surface area contributed by atoms with Crippen LogP contribution in [0.15, 0.2) is 30.9 Å². The van der Waals surface area contributed by atoms with Crippen molar-refractivity contribution in [2.24, 2.45) is 0 Å². The molecule has 6 heteroatoms. The molecule has 0 radical (unpaired) electrons. The van der Waals surface area contributed by atoms with Crippen molar-refractivity contribution in [2.75, 3.05) is 23.3 Å². The van der Waals surface area contributed by atoms with E-state index in [-0.39, 0.29) is 5.75 Å². The standard InChI is InChI=1S/C10H14N2O3S/c1-3-6-16(13,14)12-10-7-8(15-2)4-5-9(10)11/h3-5,7,12H,1,6,11H2,2H3. The highest BCUT2D eigenvalue weighted by Gasteiger charge is 2.10. The first-order chi connectivity index (χ1) is 7.48. The average Bonchev–Trinajstić information content (AvgIpc) is 2.21. The maximum absolute atomic E-state index is 11.5. The Morgan fingerprint density at radius 3 is 2.81 bits per heavy atom. The number of hydrogen-bond acceptors (Lipinski definition) is 4. The fourth-order valence-corrected chi connectivity index (χ4v) is 2.02. The van der Waals surface area contributed by atoms with E-state index in [1.165, 1.54) is 19.3 Å². The lowest BCUT2D eigenvalue weighted by Gasteiger charge is -2.10. The average molecular weight is 242 g/mol. The molecule has 0 aliphatic carbocycles. The SMILES string of the molecule is C=CCS(=O)(=O)Nc1cc(OC)ccc1N. The molecule has 0 aliphatic rings. The van der Waals surface area contributed by atoms with E-state index in [9.17, 15) is 8.42 Å². The Kier molecular flexibility index (Phi) is 3.78. The zero-order chi connectivity index (χ0) is 12.2. The second-order valence-corrected chi connectivity index (χ2v) is 4.89. The summed E-state index contributed by atoms with van der Waals surface area (Å²) in [5.41, 5.74) is 6.29. The van der Waals surface area contributed by atoms with E-state index in [1.54, 1.807) is 12.1 Å². The van der Waals surface area contributed by atoms with Crippen molar-refractivity contribution in [2.45, 2.75) is 0 Å². The zero-order valence-electron chi connectivity index (χ0n) is 8.93. The van der Waals surface area contributed by atoms with E-state index in [2.05, 4.69) is 11.3 Å². The predicted octanol–water partition coefficient (Wildman–Crippen LogP) is 1.21. The third-order valence-corrected chi connectivity index (χ3v) is 3.07. The zero-order valence-corrected chi connectivity index (χ0v) is 9.75. The van der Waals surface area contributed by atoms with Gasteiger partial charge in [0.1, 0.15) is 5.75 Å². The van der Waals surface area contributed by atoms with Gasteiger partial charge in [0.2, 0.25) is 10.0 Å². The molecule has 0 aromatic heterocycles. The molecule has 5 nitrogen and oxygen atoms in total. The molecular formula is C10H14N2O3S. The summed E-state index contributed by atoms with van der Waals surface area (Å²) < 4.78 is 30.3. The fraction of sp³-hybridized carbons (Fsp3) is 0.200. The van der Waals surface area contributed by atoms with E-state index in [0.717, 1.165) is 0 Å². The molecule has 1 aromatic carbocycles. The van der Waals surface area contributed by atoms with Crippen LogP contribution in [0.4, 0.5) is 11.4 Å². The number of nitrogens with two attached hydrogens (primary N) is 1. The van der Waals surface area contributed by atoms with Crippen LogP contribution >= 0.6 is 0 Å². The highest BCUT2D eigenvalue weighted by molar-refractivity contribution is 7.92. The Bertz CT molecular complexity index is 483. The molecule has 0 bridgehead atoms. The number of ether oxygens (including phenoxy) is 1. The van der Waals surface area contributed by atoms with Crippen LogP contribution in [0.5, 0.6) is 5.75 Å². The molecule has 1 aromatic rings. The van der Waals surface area contributed by atoms with Crippen LogP contribution in [0.25, 0.3) is 0 Å². The van der Waals surface area contributed by atoms with Gasteiger partial charge in [-0.25, -0.2) is 8.42 Å². The van der Waals surface area contributed by atoms with Crippen LogP contribution in [0.1, 0.15) is 0 Å². The third-order valence-electron chi connectivity index (χ3n) is 1.86. The van der Waals surface area contributed by atoms with Gasteiger partial charge in [0.15, 0.2) is 0 Å². The second kappa shape index (κ2) is 4.89. The van der Waals surface area contributed by atoms with Crippen molar-refractivity contribution in [3.63, 3.8) is 0 Å². The molecule has 1 rings (SSSR count). The predicted molar refractivity (Wildman–Crippen MR) is 65.0 cm³/mol. The van der Waals surface area contributed by atoms with Crippen molar-refractivity contribution >= 4 is 21.4 Å². The highest BCUT2D eigenvalue weighted by atomic mass is 32.2. The number of methoxy groups -OCH3 is 1. The van der Waals surface area contributed by atoms with Crippen molar-refractivity contribution in [1.29, 1.82) is 0 Å². The van der Waals surface area contributed by atoms with Crippen LogP contribution in [0.2, 0.25) is 0 Å². The van der Waals surface area contributed by atoms with E-state index < -0.39 is 10.0 Å². The van der Waals surface area contributed by atoms with E-state index in [1.807, 2.05) is 0 Å². The van der Waals surface area contributed by atoms with Gasteiger partial charge in [0, 0.05) is 6.07 Å². The van der Waals surface area contributed by atoms with Gasteiger partial charge in [-0.1, -0.05) is 6.08 Å². The normalized spacial score (nSPS) is 10.8. The number of sulfonamides is 1. The van der Waals surface area contributed by atoms with Crippen LogP contribution in [-0.4, -0.2) is 21.3 Å². The van der Waals surface area contributed by atoms with Gasteiger partial charge < -0.3 is 10.5 Å². The molecule has 0 fully saturated rings. The number of nitrogens with one attached hydrogen (secondary N) is 1. The molecule has 0 heterocycles. The summed E-state index contributed by atoms with van der Waals surface area (Å²) in [6, 6.07) is 4.75. The van der Waals surface area contributed by atoms with Gasteiger partial charge >= 0.3 is 0 Å². The summed E-state index contributed by atoms with van der Waals surface area (Å²) in [6.07, 6.45) is 1.30. The van der Waals surface area contributed by atoms with Crippen molar-refractivity contribution in [3.05, 3.63) is 30.9 Å². The number of nitrogen functional groups attached to an aromatic ring is 1. The molecular weight excluding hydrogens is 228 g/mol. The lowest BCUT2D eigenvalue weighted by molar-refractivity contribution is 0.415. The maximum atomic E-state index is 11.5. The first kappa shape index (κ1) is 12.4.